The van der Waals surface area contributed by atoms with Gasteiger partial charge in [-0.05, 0) is 58.5 Å². The Balaban J connectivity index is 1.26. The van der Waals surface area contributed by atoms with E-state index in [0.717, 1.165) is 38.6 Å². The van der Waals surface area contributed by atoms with E-state index < -0.39 is 46.1 Å². The average Bonchev–Trinajstić information content (AvgIpc) is 3.71. The van der Waals surface area contributed by atoms with Crippen molar-refractivity contribution in [3.8, 4) is 0 Å². The summed E-state index contributed by atoms with van der Waals surface area (Å²) in [6.45, 7) is 1.40. The number of carbonyl (C=O) groups excluding carboxylic acids is 2. The molecule has 2 atom stereocenters. The molecule has 0 spiro atoms. The minimum atomic E-state index is -4.22. The number of methoxy groups -OCH3 is 1. The third-order valence-electron chi connectivity index (χ3n) is 10.3. The molecular weight excluding hydrogens is 735 g/mol. The lowest BCUT2D eigenvalue weighted by atomic mass is 9.76. The smallest absolute Gasteiger partial charge is 0.328 e. The highest BCUT2D eigenvalue weighted by Crippen LogP contribution is 2.41. The number of ether oxygens (including phenoxy) is 1. The second-order valence-corrected chi connectivity index (χ2v) is 15.6. The van der Waals surface area contributed by atoms with Gasteiger partial charge in [-0.25, -0.2) is 9.78 Å². The fourth-order valence-corrected chi connectivity index (χ4v) is 8.42. The number of nitrogens with zero attached hydrogens (tertiary/aromatic N) is 2. The van der Waals surface area contributed by atoms with Crippen LogP contribution < -0.4 is 5.32 Å². The first kappa shape index (κ1) is 38.9. The van der Waals surface area contributed by atoms with Crippen LogP contribution in [0.4, 0.5) is 0 Å². The Morgan fingerprint density at radius 2 is 1.28 bits per heavy atom. The lowest BCUT2D eigenvalue weighted by Crippen LogP contribution is -2.48. The van der Waals surface area contributed by atoms with Gasteiger partial charge in [-0.3, -0.25) is 8.98 Å². The first-order valence-electron chi connectivity index (χ1n) is 18.7. The SMILES string of the molecule is COC(=O)[C@H](Cc1cncn1C(c1ccccc1)(c1ccccc1)c1ccccc1)NC(=O)[C@@H](COS(=O)(=O)c1ccc(C)cc1)Cc1cccc2ccccc12. The van der Waals surface area contributed by atoms with Crippen LogP contribution in [0.15, 0.2) is 175 Å². The first-order chi connectivity index (χ1) is 27.7. The molecular formula is C47H43N3O6S. The predicted octanol–water partition coefficient (Wildman–Crippen LogP) is 7.65. The van der Waals surface area contributed by atoms with E-state index >= 15 is 0 Å². The van der Waals surface area contributed by atoms with Gasteiger partial charge in [0, 0.05) is 18.3 Å². The second kappa shape index (κ2) is 17.2. The molecule has 57 heavy (non-hydrogen) atoms. The van der Waals surface area contributed by atoms with E-state index in [1.807, 2.05) is 109 Å². The highest BCUT2D eigenvalue weighted by Gasteiger charge is 2.40. The van der Waals surface area contributed by atoms with Crippen LogP contribution in [0.25, 0.3) is 10.8 Å². The molecule has 0 aliphatic carbocycles. The molecule has 7 rings (SSSR count). The Morgan fingerprint density at radius 3 is 1.88 bits per heavy atom. The number of fused-ring (bicyclic) bond motifs is 1. The standard InChI is InChI=1S/C47H43N3O6S/c1-34-25-27-42(28-26-34)57(53,54)56-32-37(29-36-17-14-16-35-15-12-13-24-43(35)36)45(51)49-44(46(52)55-2)30-41-31-48-33-50(41)47(38-18-6-3-7-19-38,39-20-8-4-9-21-39)40-22-10-5-11-23-40/h3-28,31,33,37,44H,29-30,32H2,1-2H3,(H,49,51)/t37-,44+/m1/s1. The largest absolute Gasteiger partial charge is 0.467 e. The Labute approximate surface area is 333 Å². The van der Waals surface area contributed by atoms with E-state index in [2.05, 4.69) is 46.7 Å². The van der Waals surface area contributed by atoms with E-state index in [0.29, 0.717) is 5.69 Å². The van der Waals surface area contributed by atoms with Crippen molar-refractivity contribution >= 4 is 32.8 Å². The highest BCUT2D eigenvalue weighted by atomic mass is 32.2. The summed E-state index contributed by atoms with van der Waals surface area (Å²) in [6, 6.07) is 48.9. The average molecular weight is 778 g/mol. The van der Waals surface area contributed by atoms with Gasteiger partial charge in [0.1, 0.15) is 11.6 Å². The molecule has 0 saturated carbocycles. The number of hydrogen-bond acceptors (Lipinski definition) is 7. The zero-order valence-electron chi connectivity index (χ0n) is 31.7. The van der Waals surface area contributed by atoms with Crippen LogP contribution in [0, 0.1) is 12.8 Å². The molecule has 0 aliphatic rings. The molecule has 0 bridgehead atoms. The summed E-state index contributed by atoms with van der Waals surface area (Å²) in [5.74, 6) is -2.24. The summed E-state index contributed by atoms with van der Waals surface area (Å²) in [7, 11) is -2.95. The van der Waals surface area contributed by atoms with Crippen LogP contribution in [-0.4, -0.2) is 49.6 Å². The third-order valence-corrected chi connectivity index (χ3v) is 11.6. The number of imidazole rings is 1. The van der Waals surface area contributed by atoms with Crippen molar-refractivity contribution in [2.45, 2.75) is 36.2 Å². The quantitative estimate of drug-likeness (QED) is 0.0646. The summed E-state index contributed by atoms with van der Waals surface area (Å²) in [6.07, 6.45) is 3.58. The summed E-state index contributed by atoms with van der Waals surface area (Å²) < 4.78 is 39.6. The van der Waals surface area contributed by atoms with E-state index in [1.54, 1.807) is 24.7 Å². The molecule has 0 unspecified atom stereocenters. The lowest BCUT2D eigenvalue weighted by Gasteiger charge is -2.39. The number of amides is 1. The summed E-state index contributed by atoms with van der Waals surface area (Å²) in [4.78, 5) is 32.7. The first-order valence-corrected chi connectivity index (χ1v) is 20.1. The van der Waals surface area contributed by atoms with Crippen LogP contribution in [0.1, 0.15) is 33.5 Å². The van der Waals surface area contributed by atoms with Gasteiger partial charge in [-0.1, -0.05) is 151 Å². The number of nitrogens with one attached hydrogen (secondary N) is 1. The number of rotatable bonds is 15. The molecule has 0 radical (unpaired) electrons. The number of hydrogen-bond donors (Lipinski definition) is 1. The van der Waals surface area contributed by atoms with Crippen molar-refractivity contribution < 1.29 is 26.9 Å². The van der Waals surface area contributed by atoms with Crippen molar-refractivity contribution in [2.75, 3.05) is 13.7 Å². The molecule has 6 aromatic carbocycles. The van der Waals surface area contributed by atoms with Gasteiger partial charge in [-0.2, -0.15) is 8.42 Å². The molecule has 9 nitrogen and oxygen atoms in total. The van der Waals surface area contributed by atoms with Crippen molar-refractivity contribution in [1.29, 1.82) is 0 Å². The minimum Gasteiger partial charge on any atom is -0.467 e. The van der Waals surface area contributed by atoms with Gasteiger partial charge in [0.2, 0.25) is 5.91 Å². The fourth-order valence-electron chi connectivity index (χ4n) is 7.47. The number of aryl methyl sites for hydroxylation is 1. The van der Waals surface area contributed by atoms with Gasteiger partial charge in [0.25, 0.3) is 10.1 Å². The Hall–Kier alpha value is -6.36. The minimum absolute atomic E-state index is 0.0101. The maximum absolute atomic E-state index is 14.5. The summed E-state index contributed by atoms with van der Waals surface area (Å²) >= 11 is 0. The number of aromatic nitrogens is 2. The molecule has 0 saturated heterocycles. The Kier molecular flexibility index (Phi) is 11.7. The highest BCUT2D eigenvalue weighted by molar-refractivity contribution is 7.86. The maximum atomic E-state index is 14.5. The number of benzene rings is 6. The fraction of sp³-hybridized carbons (Fsp3) is 0.170. The normalized spacial score (nSPS) is 12.8. The van der Waals surface area contributed by atoms with Crippen LogP contribution >= 0.6 is 0 Å². The van der Waals surface area contributed by atoms with Gasteiger partial charge >= 0.3 is 5.97 Å². The summed E-state index contributed by atoms with van der Waals surface area (Å²) in [5, 5.41) is 4.82. The Morgan fingerprint density at radius 1 is 0.719 bits per heavy atom. The molecule has 288 valence electrons. The van der Waals surface area contributed by atoms with Crippen molar-refractivity contribution in [3.05, 3.63) is 204 Å². The van der Waals surface area contributed by atoms with Crippen molar-refractivity contribution in [3.63, 3.8) is 0 Å². The number of esters is 1. The van der Waals surface area contributed by atoms with E-state index in [-0.39, 0.29) is 17.7 Å². The van der Waals surface area contributed by atoms with Gasteiger partial charge in [-0.15, -0.1) is 0 Å². The molecule has 1 N–H and O–H groups in total. The zero-order chi connectivity index (χ0) is 39.8. The van der Waals surface area contributed by atoms with E-state index in [9.17, 15) is 18.0 Å². The number of carbonyl (C=O) groups is 2. The van der Waals surface area contributed by atoms with Crippen molar-refractivity contribution in [1.82, 2.24) is 14.9 Å². The molecule has 10 heteroatoms. The van der Waals surface area contributed by atoms with Crippen LogP contribution in [0.5, 0.6) is 0 Å². The molecule has 7 aromatic rings. The lowest BCUT2D eigenvalue weighted by molar-refractivity contribution is -0.145. The topological polar surface area (TPSA) is 117 Å². The van der Waals surface area contributed by atoms with E-state index in [1.165, 1.54) is 19.2 Å². The van der Waals surface area contributed by atoms with Gasteiger partial charge in [0.15, 0.2) is 0 Å². The summed E-state index contributed by atoms with van der Waals surface area (Å²) in [5.41, 5.74) is 4.33. The predicted molar refractivity (Wildman–Crippen MR) is 220 cm³/mol. The Bertz CT molecular complexity index is 2460. The maximum Gasteiger partial charge on any atom is 0.328 e. The van der Waals surface area contributed by atoms with Crippen LogP contribution in [0.2, 0.25) is 0 Å². The zero-order valence-corrected chi connectivity index (χ0v) is 32.5. The monoisotopic (exact) mass is 777 g/mol. The molecule has 0 fully saturated rings. The van der Waals surface area contributed by atoms with Crippen LogP contribution in [0.3, 0.4) is 0 Å². The molecule has 1 heterocycles. The van der Waals surface area contributed by atoms with Crippen molar-refractivity contribution in [2.24, 2.45) is 5.92 Å². The molecule has 1 aromatic heterocycles. The van der Waals surface area contributed by atoms with Crippen LogP contribution in [-0.2, 0) is 47.0 Å². The van der Waals surface area contributed by atoms with Gasteiger partial charge < -0.3 is 14.6 Å². The molecule has 0 aliphatic heterocycles. The van der Waals surface area contributed by atoms with Gasteiger partial charge in [0.05, 0.1) is 30.9 Å². The van der Waals surface area contributed by atoms with E-state index in [4.69, 9.17) is 8.92 Å². The third kappa shape index (κ3) is 8.28. The molecule has 1 amide bonds. The second-order valence-electron chi connectivity index (χ2n) is 13.9.